The van der Waals surface area contributed by atoms with Gasteiger partial charge in [-0.25, -0.2) is 0 Å². The summed E-state index contributed by atoms with van der Waals surface area (Å²) in [6, 6.07) is 8.09. The van der Waals surface area contributed by atoms with Gasteiger partial charge >= 0.3 is 0 Å². The molecule has 0 aliphatic heterocycles. The van der Waals surface area contributed by atoms with Gasteiger partial charge in [0.15, 0.2) is 5.16 Å². The topological polar surface area (TPSA) is 47.3 Å². The first kappa shape index (κ1) is 9.80. The van der Waals surface area contributed by atoms with E-state index in [2.05, 4.69) is 16.3 Å². The number of fused-ring (bicyclic) bond motifs is 3. The summed E-state index contributed by atoms with van der Waals surface area (Å²) in [6.45, 7) is 0. The Morgan fingerprint density at radius 3 is 3.12 bits per heavy atom. The number of para-hydroxylation sites is 1. The van der Waals surface area contributed by atoms with E-state index in [0.29, 0.717) is 5.75 Å². The highest BCUT2D eigenvalue weighted by molar-refractivity contribution is 7.99. The average Bonchev–Trinajstić information content (AvgIpc) is 2.85. The van der Waals surface area contributed by atoms with E-state index in [1.165, 1.54) is 16.5 Å². The first-order chi connectivity index (χ1) is 7.90. The van der Waals surface area contributed by atoms with Crippen LogP contribution in [0.4, 0.5) is 0 Å². The van der Waals surface area contributed by atoms with Crippen LogP contribution in [-0.4, -0.2) is 26.6 Å². The molecule has 80 valence electrons. The van der Waals surface area contributed by atoms with Crippen LogP contribution in [0.15, 0.2) is 29.4 Å². The van der Waals surface area contributed by atoms with Crippen LogP contribution in [0.3, 0.4) is 0 Å². The van der Waals surface area contributed by atoms with Crippen molar-refractivity contribution in [3.8, 4) is 0 Å². The minimum absolute atomic E-state index is 0.408. The molecule has 0 radical (unpaired) electrons. The number of carbonyl (C=O) groups is 1. The fraction of sp³-hybridized carbons (Fsp3) is 0.100. The summed E-state index contributed by atoms with van der Waals surface area (Å²) in [5.41, 5.74) is 1.10. The lowest BCUT2D eigenvalue weighted by molar-refractivity contribution is -0.105. The Morgan fingerprint density at radius 1 is 1.38 bits per heavy atom. The van der Waals surface area contributed by atoms with Crippen molar-refractivity contribution in [3.05, 3.63) is 24.3 Å². The maximum Gasteiger partial charge on any atom is 0.217 e. The summed E-state index contributed by atoms with van der Waals surface area (Å²) in [6.07, 6.45) is 0.875. The van der Waals surface area contributed by atoms with Gasteiger partial charge in [-0.05, 0) is 12.1 Å². The highest BCUT2D eigenvalue weighted by Crippen LogP contribution is 2.28. The van der Waals surface area contributed by atoms with Gasteiger partial charge in [-0.1, -0.05) is 35.2 Å². The zero-order valence-electron chi connectivity index (χ0n) is 8.16. The van der Waals surface area contributed by atoms with Gasteiger partial charge in [-0.2, -0.15) is 0 Å². The van der Waals surface area contributed by atoms with Crippen LogP contribution in [0.5, 0.6) is 0 Å². The summed E-state index contributed by atoms with van der Waals surface area (Å²) >= 11 is 3.01. The van der Waals surface area contributed by atoms with Crippen molar-refractivity contribution >= 4 is 44.6 Å². The minimum atomic E-state index is 0.408. The number of aldehydes is 1. The van der Waals surface area contributed by atoms with Crippen molar-refractivity contribution in [2.24, 2.45) is 0 Å². The van der Waals surface area contributed by atoms with Crippen molar-refractivity contribution in [1.82, 2.24) is 14.6 Å². The summed E-state index contributed by atoms with van der Waals surface area (Å²) < 4.78 is 3.18. The Kier molecular flexibility index (Phi) is 2.37. The van der Waals surface area contributed by atoms with Crippen molar-refractivity contribution in [3.63, 3.8) is 0 Å². The molecule has 0 saturated carbocycles. The summed E-state index contributed by atoms with van der Waals surface area (Å²) in [5.74, 6) is 0.408. The third-order valence-electron chi connectivity index (χ3n) is 2.19. The molecule has 0 unspecified atom stereocenters. The molecule has 2 heterocycles. The minimum Gasteiger partial charge on any atom is -0.302 e. The van der Waals surface area contributed by atoms with Gasteiger partial charge in [0.25, 0.3) is 0 Å². The monoisotopic (exact) mass is 249 g/mol. The van der Waals surface area contributed by atoms with Crippen LogP contribution in [0.2, 0.25) is 0 Å². The molecule has 3 aromatic rings. The van der Waals surface area contributed by atoms with Gasteiger partial charge in [0, 0.05) is 0 Å². The van der Waals surface area contributed by atoms with Crippen LogP contribution in [0.1, 0.15) is 0 Å². The van der Waals surface area contributed by atoms with Gasteiger partial charge in [0.05, 0.1) is 16.0 Å². The lowest BCUT2D eigenvalue weighted by atomic mass is 10.3. The number of nitrogens with zero attached hydrogens (tertiary/aromatic N) is 3. The Labute approximate surface area is 99.3 Å². The fourth-order valence-corrected chi connectivity index (χ4v) is 3.21. The zero-order valence-corrected chi connectivity index (χ0v) is 9.79. The second kappa shape index (κ2) is 3.88. The molecule has 0 aliphatic rings. The predicted molar refractivity (Wildman–Crippen MR) is 65.2 cm³/mol. The largest absolute Gasteiger partial charge is 0.302 e. The molecule has 0 amide bonds. The molecule has 16 heavy (non-hydrogen) atoms. The van der Waals surface area contributed by atoms with E-state index in [1.54, 1.807) is 11.3 Å². The van der Waals surface area contributed by atoms with E-state index < -0.39 is 0 Å². The van der Waals surface area contributed by atoms with Crippen LogP contribution in [-0.2, 0) is 4.79 Å². The molecule has 0 bridgehead atoms. The maximum absolute atomic E-state index is 10.4. The summed E-state index contributed by atoms with van der Waals surface area (Å²) in [7, 11) is 0. The maximum atomic E-state index is 10.4. The SMILES string of the molecule is O=CCSc1nnc2sc3ccccc3n12. The van der Waals surface area contributed by atoms with Crippen LogP contribution in [0, 0.1) is 0 Å². The zero-order chi connectivity index (χ0) is 11.0. The Bertz CT molecular complexity index is 658. The number of benzene rings is 1. The average molecular weight is 249 g/mol. The van der Waals surface area contributed by atoms with Gasteiger partial charge < -0.3 is 4.79 Å². The summed E-state index contributed by atoms with van der Waals surface area (Å²) in [5, 5.41) is 8.95. The molecule has 0 spiro atoms. The first-order valence-corrected chi connectivity index (χ1v) is 6.49. The fourth-order valence-electron chi connectivity index (χ4n) is 1.56. The smallest absolute Gasteiger partial charge is 0.217 e. The molecule has 0 aliphatic carbocycles. The second-order valence-electron chi connectivity index (χ2n) is 3.15. The lowest BCUT2D eigenvalue weighted by Gasteiger charge is -1.94. The van der Waals surface area contributed by atoms with E-state index in [4.69, 9.17) is 0 Å². The normalized spacial score (nSPS) is 11.2. The standard InChI is InChI=1S/C10H7N3OS2/c14-5-6-15-9-11-12-10-13(9)7-3-1-2-4-8(7)16-10/h1-5H,6H2. The predicted octanol–water partition coefficient (Wildman–Crippen LogP) is 2.23. The highest BCUT2D eigenvalue weighted by atomic mass is 32.2. The molecular weight excluding hydrogens is 242 g/mol. The quantitative estimate of drug-likeness (QED) is 0.527. The van der Waals surface area contributed by atoms with Gasteiger partial charge in [-0.3, -0.25) is 4.40 Å². The highest BCUT2D eigenvalue weighted by Gasteiger charge is 2.11. The molecule has 2 aromatic heterocycles. The molecule has 3 rings (SSSR count). The second-order valence-corrected chi connectivity index (χ2v) is 5.14. The van der Waals surface area contributed by atoms with Crippen molar-refractivity contribution < 1.29 is 4.79 Å². The molecule has 6 heteroatoms. The van der Waals surface area contributed by atoms with Gasteiger partial charge in [0.1, 0.15) is 6.29 Å². The van der Waals surface area contributed by atoms with Crippen molar-refractivity contribution in [2.45, 2.75) is 5.16 Å². The Morgan fingerprint density at radius 2 is 2.25 bits per heavy atom. The molecule has 4 nitrogen and oxygen atoms in total. The molecule has 0 N–H and O–H groups in total. The van der Waals surface area contributed by atoms with Crippen LogP contribution >= 0.6 is 23.1 Å². The van der Waals surface area contributed by atoms with Crippen molar-refractivity contribution in [1.29, 1.82) is 0 Å². The van der Waals surface area contributed by atoms with Gasteiger partial charge in [-0.15, -0.1) is 10.2 Å². The molecule has 1 aromatic carbocycles. The van der Waals surface area contributed by atoms with Crippen LogP contribution < -0.4 is 0 Å². The van der Waals surface area contributed by atoms with Gasteiger partial charge in [0.2, 0.25) is 4.96 Å². The Hall–Kier alpha value is -1.40. The lowest BCUT2D eigenvalue weighted by Crippen LogP contribution is -1.87. The number of hydrogen-bond donors (Lipinski definition) is 0. The van der Waals surface area contributed by atoms with E-state index in [0.717, 1.165) is 21.9 Å². The molecule has 0 fully saturated rings. The number of rotatable bonds is 3. The van der Waals surface area contributed by atoms with E-state index >= 15 is 0 Å². The van der Waals surface area contributed by atoms with Crippen molar-refractivity contribution in [2.75, 3.05) is 5.75 Å². The molecule has 0 saturated heterocycles. The number of thioether (sulfide) groups is 1. The first-order valence-electron chi connectivity index (χ1n) is 4.69. The third kappa shape index (κ3) is 1.42. The molecular formula is C10H7N3OS2. The van der Waals surface area contributed by atoms with E-state index in [1.807, 2.05) is 22.6 Å². The molecule has 0 atom stereocenters. The summed E-state index contributed by atoms with van der Waals surface area (Å²) in [4.78, 5) is 11.2. The Balaban J connectivity index is 2.25. The number of thiazole rings is 1. The number of hydrogen-bond acceptors (Lipinski definition) is 5. The number of aromatic nitrogens is 3. The third-order valence-corrected chi connectivity index (χ3v) is 4.03. The van der Waals surface area contributed by atoms with E-state index in [9.17, 15) is 4.79 Å². The van der Waals surface area contributed by atoms with Crippen LogP contribution in [0.25, 0.3) is 15.2 Å². The number of carbonyl (C=O) groups excluding carboxylic acids is 1. The van der Waals surface area contributed by atoms with E-state index in [-0.39, 0.29) is 0 Å².